The van der Waals surface area contributed by atoms with Gasteiger partial charge >= 0.3 is 11.4 Å². The average molecular weight is 361 g/mol. The largest absolute Gasteiger partial charge is 0.366 e. The summed E-state index contributed by atoms with van der Waals surface area (Å²) in [5.41, 5.74) is 0.468. The molecule has 0 amide bonds. The Bertz CT molecular complexity index is 1200. The van der Waals surface area contributed by atoms with E-state index >= 15 is 0 Å². The van der Waals surface area contributed by atoms with Gasteiger partial charge in [-0.05, 0) is 35.8 Å². The number of hydrogen-bond donors (Lipinski definition) is 0. The Morgan fingerprint density at radius 3 is 1.89 bits per heavy atom. The number of para-hydroxylation sites is 1. The van der Waals surface area contributed by atoms with Crippen LogP contribution in [0.25, 0.3) is 5.69 Å². The van der Waals surface area contributed by atoms with Gasteiger partial charge in [-0.1, -0.05) is 18.2 Å². The van der Waals surface area contributed by atoms with Gasteiger partial charge in [-0.2, -0.15) is 0 Å². The second kappa shape index (κ2) is 2.97. The molecule has 12 atom stereocenters. The lowest BCUT2D eigenvalue weighted by atomic mass is 9.64. The Morgan fingerprint density at radius 2 is 1.33 bits per heavy atom. The summed E-state index contributed by atoms with van der Waals surface area (Å²) in [5.74, 6) is 2.44. The van der Waals surface area contributed by atoms with E-state index < -0.39 is 0 Å². The van der Waals surface area contributed by atoms with Crippen molar-refractivity contribution in [2.24, 2.45) is 34.5 Å². The van der Waals surface area contributed by atoms with Crippen molar-refractivity contribution in [2.75, 3.05) is 0 Å². The van der Waals surface area contributed by atoms with Gasteiger partial charge in [0.15, 0.2) is 0 Å². The predicted octanol–water partition coefficient (Wildman–Crippen LogP) is -0.0631. The van der Waals surface area contributed by atoms with Gasteiger partial charge in [0.05, 0.1) is 30.0 Å². The average Bonchev–Trinajstić information content (AvgIpc) is 3.51. The first kappa shape index (κ1) is 12.4. The Labute approximate surface area is 152 Å². The molecular formula is C20H15N3O4. The summed E-state index contributed by atoms with van der Waals surface area (Å²) in [7, 11) is 0. The fourth-order valence-corrected chi connectivity index (χ4v) is 9.63. The van der Waals surface area contributed by atoms with Crippen LogP contribution in [0.1, 0.15) is 12.1 Å². The van der Waals surface area contributed by atoms with Crippen LogP contribution in [0.4, 0.5) is 0 Å². The SMILES string of the molecule is O=c1n(-c2ccccc2)c(=O)n2n1[C@H]1[C@@H]3C4C5[C@@]16[C@H]1O[C@H]1[C@H]1O[C@@H]1[C@]56[C@H]2[C@@H]43. The number of nitrogens with zero attached hydrogens (tertiary/aromatic N) is 3. The van der Waals surface area contributed by atoms with E-state index in [0.29, 0.717) is 29.4 Å². The molecule has 0 radical (unpaired) electrons. The molecule has 134 valence electrons. The van der Waals surface area contributed by atoms with Crippen molar-refractivity contribution in [1.29, 1.82) is 0 Å². The molecule has 11 rings (SSSR count). The predicted molar refractivity (Wildman–Crippen MR) is 88.5 cm³/mol. The molecule has 2 bridgehead atoms. The first-order chi connectivity index (χ1) is 13.3. The molecule has 2 aromatic rings. The second-order valence-corrected chi connectivity index (χ2v) is 9.93. The number of hydrogen-bond acceptors (Lipinski definition) is 4. The summed E-state index contributed by atoms with van der Waals surface area (Å²) < 4.78 is 17.4. The fraction of sp³-hybridized carbons (Fsp3) is 0.600. The monoisotopic (exact) mass is 361 g/mol. The Morgan fingerprint density at radius 1 is 0.778 bits per heavy atom. The Kier molecular flexibility index (Phi) is 1.36. The number of rotatable bonds is 1. The van der Waals surface area contributed by atoms with Crippen molar-refractivity contribution in [3.8, 4) is 5.69 Å². The summed E-state index contributed by atoms with van der Waals surface area (Å²) >= 11 is 0. The highest BCUT2D eigenvalue weighted by molar-refractivity contribution is 5.56. The quantitative estimate of drug-likeness (QED) is 0.667. The van der Waals surface area contributed by atoms with E-state index in [1.807, 2.05) is 39.7 Å². The van der Waals surface area contributed by atoms with Crippen LogP contribution in [0.2, 0.25) is 0 Å². The van der Waals surface area contributed by atoms with Crippen LogP contribution < -0.4 is 11.4 Å². The molecule has 1 aromatic heterocycles. The fourth-order valence-electron chi connectivity index (χ4n) is 9.63. The standard InChI is InChI=1S/C20H15N3O4/c24-17-21(6-4-2-1-3-5-6)18(25)23-14-9-7-8(9)13(22(17)23)19-12(7)20(14,19)16-11(27-16)10-15(19)26-10/h1-5,7-16H/t7?,8-,9+,10+,11-,12?,13+,14-,15-,16-,19+,20-/m0/s1. The molecule has 5 saturated carbocycles. The van der Waals surface area contributed by atoms with E-state index in [2.05, 4.69) is 0 Å². The smallest absolute Gasteiger partial charge is 0.352 e. The minimum atomic E-state index is -0.170. The molecule has 4 aliphatic heterocycles. The number of epoxide rings is 2. The van der Waals surface area contributed by atoms with Crippen LogP contribution in [0.5, 0.6) is 0 Å². The molecule has 7 fully saturated rings. The topological polar surface area (TPSA) is 74.0 Å². The van der Waals surface area contributed by atoms with Gasteiger partial charge in [-0.3, -0.25) is 0 Å². The minimum Gasteiger partial charge on any atom is -0.366 e. The maximum atomic E-state index is 13.5. The summed E-state index contributed by atoms with van der Waals surface area (Å²) in [6, 6.07) is 9.60. The van der Waals surface area contributed by atoms with Crippen LogP contribution in [0.3, 0.4) is 0 Å². The molecule has 2 saturated heterocycles. The zero-order valence-corrected chi connectivity index (χ0v) is 14.1. The van der Waals surface area contributed by atoms with Gasteiger partial charge in [0.2, 0.25) is 0 Å². The summed E-state index contributed by atoms with van der Waals surface area (Å²) in [6.45, 7) is 0. The summed E-state index contributed by atoms with van der Waals surface area (Å²) in [4.78, 5) is 27.0. The molecule has 9 aliphatic rings. The van der Waals surface area contributed by atoms with Crippen molar-refractivity contribution >= 4 is 0 Å². The first-order valence-corrected chi connectivity index (χ1v) is 10.1. The van der Waals surface area contributed by atoms with Gasteiger partial charge in [0.25, 0.3) is 0 Å². The third-order valence-corrected chi connectivity index (χ3v) is 9.85. The minimum absolute atomic E-state index is 0.0726. The van der Waals surface area contributed by atoms with Crippen LogP contribution >= 0.6 is 0 Å². The molecule has 1 aromatic carbocycles. The van der Waals surface area contributed by atoms with Crippen LogP contribution in [-0.2, 0) is 9.47 Å². The van der Waals surface area contributed by atoms with Crippen molar-refractivity contribution < 1.29 is 9.47 Å². The molecule has 2 spiro atoms. The first-order valence-electron chi connectivity index (χ1n) is 10.1. The van der Waals surface area contributed by atoms with E-state index in [1.165, 1.54) is 4.57 Å². The lowest BCUT2D eigenvalue weighted by molar-refractivity contribution is -0.0267. The van der Waals surface area contributed by atoms with Crippen LogP contribution in [0, 0.1) is 34.5 Å². The molecule has 5 heterocycles. The molecule has 0 N–H and O–H groups in total. The number of aromatic nitrogens is 3. The van der Waals surface area contributed by atoms with Gasteiger partial charge in [0.1, 0.15) is 12.2 Å². The van der Waals surface area contributed by atoms with Gasteiger partial charge in [0, 0.05) is 10.8 Å². The third-order valence-electron chi connectivity index (χ3n) is 9.85. The van der Waals surface area contributed by atoms with E-state index in [-0.39, 0.29) is 58.7 Å². The molecule has 5 aliphatic carbocycles. The molecule has 7 heteroatoms. The highest BCUT2D eigenvalue weighted by Gasteiger charge is 3.11. The lowest BCUT2D eigenvalue weighted by Gasteiger charge is -2.48. The maximum absolute atomic E-state index is 13.5. The van der Waals surface area contributed by atoms with Gasteiger partial charge in [-0.25, -0.2) is 23.5 Å². The Balaban J connectivity index is 1.34. The highest BCUT2D eigenvalue weighted by Crippen LogP contribution is 3.07. The third kappa shape index (κ3) is 0.809. The second-order valence-electron chi connectivity index (χ2n) is 9.93. The molecule has 7 nitrogen and oxygen atoms in total. The van der Waals surface area contributed by atoms with Crippen molar-refractivity contribution in [3.05, 3.63) is 51.3 Å². The summed E-state index contributed by atoms with van der Waals surface area (Å²) in [5, 5.41) is 0. The van der Waals surface area contributed by atoms with Crippen molar-refractivity contribution in [3.63, 3.8) is 0 Å². The number of benzene rings is 1. The lowest BCUT2D eigenvalue weighted by Crippen LogP contribution is -2.57. The van der Waals surface area contributed by atoms with Crippen molar-refractivity contribution in [1.82, 2.24) is 13.9 Å². The van der Waals surface area contributed by atoms with E-state index in [0.717, 1.165) is 0 Å². The summed E-state index contributed by atoms with van der Waals surface area (Å²) in [6.07, 6.45) is 0.998. The van der Waals surface area contributed by atoms with Gasteiger partial charge in [-0.15, -0.1) is 0 Å². The molecule has 27 heavy (non-hydrogen) atoms. The van der Waals surface area contributed by atoms with Gasteiger partial charge < -0.3 is 9.47 Å². The van der Waals surface area contributed by atoms with E-state index in [1.54, 1.807) is 0 Å². The normalized spacial score (nSPS) is 61.6. The highest BCUT2D eigenvalue weighted by atomic mass is 16.7. The van der Waals surface area contributed by atoms with E-state index in [4.69, 9.17) is 9.47 Å². The van der Waals surface area contributed by atoms with Crippen LogP contribution in [-0.4, -0.2) is 38.3 Å². The van der Waals surface area contributed by atoms with Crippen LogP contribution in [0.15, 0.2) is 39.9 Å². The van der Waals surface area contributed by atoms with E-state index in [9.17, 15) is 9.59 Å². The van der Waals surface area contributed by atoms with Crippen molar-refractivity contribution in [2.45, 2.75) is 36.5 Å². The number of ether oxygens (including phenoxy) is 2. The maximum Gasteiger partial charge on any atom is 0.352 e. The zero-order valence-electron chi connectivity index (χ0n) is 14.1. The Hall–Kier alpha value is -2.12. The number of fused-ring (bicyclic) bond motifs is 3. The molecular weight excluding hydrogens is 346 g/mol. The molecule has 2 unspecified atom stereocenters. The zero-order chi connectivity index (χ0) is 17.2.